The number of allylic oxidation sites excluding steroid dienone is 5. The molecule has 0 aromatic rings. The molecule has 6 N–H and O–H groups in total. The largest absolute Gasteiger partial charge is 0.480 e. The van der Waals surface area contributed by atoms with Gasteiger partial charge in [-0.05, 0) is 38.5 Å². The average Bonchev–Trinajstić information content (AvgIpc) is 3.26. The summed E-state index contributed by atoms with van der Waals surface area (Å²) in [5, 5.41) is 29.3. The Morgan fingerprint density at radius 2 is 1.02 bits per heavy atom. The van der Waals surface area contributed by atoms with Crippen LogP contribution in [0.1, 0.15) is 206 Å². The molecule has 0 fully saturated rings. The Morgan fingerprint density at radius 1 is 0.562 bits per heavy atom. The van der Waals surface area contributed by atoms with E-state index in [9.17, 15) is 34.1 Å². The SMILES string of the molecule is CCCCC/C=C\C[C@H](O)/C=C/C=C/C=C\[C@H](O)CCCC(=O)O[C@H](COC(=O)CCCCCCCCCCCCCCCCCCCCCCC)COP(=O)(O)OC[C@H](N)C(=O)O. The molecule has 0 rings (SSSR count). The molecular weight excluding hydrogens is 838 g/mol. The summed E-state index contributed by atoms with van der Waals surface area (Å²) in [4.78, 5) is 46.1. The molecular formula is C50H90NO12P. The molecule has 0 aliphatic carbocycles. The Morgan fingerprint density at radius 3 is 1.53 bits per heavy atom. The van der Waals surface area contributed by atoms with Crippen molar-refractivity contribution < 1.29 is 57.7 Å². The van der Waals surface area contributed by atoms with E-state index in [1.807, 2.05) is 6.08 Å². The monoisotopic (exact) mass is 928 g/mol. The molecule has 0 aliphatic heterocycles. The Hall–Kier alpha value is -2.64. The van der Waals surface area contributed by atoms with E-state index < -0.39 is 69.9 Å². The zero-order chi connectivity index (χ0) is 47.4. The van der Waals surface area contributed by atoms with Crippen molar-refractivity contribution in [3.8, 4) is 0 Å². The maximum Gasteiger partial charge on any atom is 0.472 e. The molecule has 0 radical (unpaired) electrons. The molecule has 0 aromatic carbocycles. The third-order valence-electron chi connectivity index (χ3n) is 10.8. The number of phosphoric acid groups is 1. The van der Waals surface area contributed by atoms with Crippen molar-refractivity contribution in [2.75, 3.05) is 19.8 Å². The molecule has 0 saturated carbocycles. The lowest BCUT2D eigenvalue weighted by Crippen LogP contribution is -2.34. The third-order valence-corrected chi connectivity index (χ3v) is 11.7. The number of aliphatic carboxylic acids is 1. The van der Waals surface area contributed by atoms with Gasteiger partial charge in [-0.25, -0.2) is 4.57 Å². The molecule has 64 heavy (non-hydrogen) atoms. The number of ether oxygens (including phenoxy) is 2. The number of carboxylic acids is 1. The van der Waals surface area contributed by atoms with Gasteiger partial charge in [-0.1, -0.05) is 204 Å². The van der Waals surface area contributed by atoms with Crippen LogP contribution in [0.25, 0.3) is 0 Å². The summed E-state index contributed by atoms with van der Waals surface area (Å²) in [7, 11) is -4.79. The van der Waals surface area contributed by atoms with Crippen LogP contribution in [-0.2, 0) is 37.5 Å². The van der Waals surface area contributed by atoms with E-state index in [0.29, 0.717) is 12.8 Å². The summed E-state index contributed by atoms with van der Waals surface area (Å²) in [6.07, 6.45) is 43.8. The van der Waals surface area contributed by atoms with Gasteiger partial charge in [0.1, 0.15) is 12.6 Å². The molecule has 0 aliphatic rings. The van der Waals surface area contributed by atoms with Crippen LogP contribution in [0.3, 0.4) is 0 Å². The van der Waals surface area contributed by atoms with Crippen molar-refractivity contribution in [2.45, 2.75) is 231 Å². The van der Waals surface area contributed by atoms with E-state index in [2.05, 4.69) is 24.4 Å². The van der Waals surface area contributed by atoms with Crippen LogP contribution in [0.2, 0.25) is 0 Å². The van der Waals surface area contributed by atoms with E-state index in [1.54, 1.807) is 36.5 Å². The van der Waals surface area contributed by atoms with E-state index in [-0.39, 0.29) is 25.7 Å². The van der Waals surface area contributed by atoms with Gasteiger partial charge < -0.3 is 35.4 Å². The Bertz CT molecular complexity index is 1310. The van der Waals surface area contributed by atoms with Crippen LogP contribution < -0.4 is 5.73 Å². The van der Waals surface area contributed by atoms with Crippen LogP contribution in [0.4, 0.5) is 0 Å². The van der Waals surface area contributed by atoms with Gasteiger partial charge in [0.25, 0.3) is 0 Å². The van der Waals surface area contributed by atoms with Crippen LogP contribution in [-0.4, -0.2) is 82.3 Å². The van der Waals surface area contributed by atoms with E-state index in [1.165, 1.54) is 122 Å². The molecule has 0 heterocycles. The highest BCUT2D eigenvalue weighted by Gasteiger charge is 2.28. The zero-order valence-corrected chi connectivity index (χ0v) is 40.7. The summed E-state index contributed by atoms with van der Waals surface area (Å²) in [6.45, 7) is 2.52. The minimum Gasteiger partial charge on any atom is -0.480 e. The number of phosphoric ester groups is 1. The molecule has 372 valence electrons. The maximum atomic E-state index is 12.7. The summed E-state index contributed by atoms with van der Waals surface area (Å²) < 4.78 is 32.6. The fourth-order valence-corrected chi connectivity index (χ4v) is 7.57. The Kier molecular flexibility index (Phi) is 42.4. The number of nitrogens with two attached hydrogens (primary N) is 1. The van der Waals surface area contributed by atoms with Crippen molar-refractivity contribution >= 4 is 25.7 Å². The minimum atomic E-state index is -4.79. The van der Waals surface area contributed by atoms with Crippen LogP contribution in [0.15, 0.2) is 48.6 Å². The van der Waals surface area contributed by atoms with Gasteiger partial charge >= 0.3 is 25.7 Å². The molecule has 0 aromatic heterocycles. The smallest absolute Gasteiger partial charge is 0.472 e. The second-order valence-corrected chi connectivity index (χ2v) is 18.5. The standard InChI is InChI=1S/C50H90NO12P/c1-3-5-7-9-11-12-13-14-15-16-17-18-19-20-21-22-23-24-25-27-33-39-48(54)60-41-46(42-61-64(58,59)62-43-47(51)50(56)57)63-49(55)40-34-38-45(53)37-32-29-28-31-36-44(52)35-30-26-10-8-6-4-2/h26,28-32,36-37,44-47,52-53H,3-25,27,33-35,38-43,51H2,1-2H3,(H,56,57)(H,58,59)/b29-28+,30-26-,36-31+,37-32-/t44-,45-,46+,47-/m0/s1. The molecule has 13 nitrogen and oxygen atoms in total. The quantitative estimate of drug-likeness (QED) is 0.0127. The average molecular weight is 928 g/mol. The van der Waals surface area contributed by atoms with Gasteiger partial charge in [-0.2, -0.15) is 0 Å². The number of carbonyl (C=O) groups excluding carboxylic acids is 2. The second kappa shape index (κ2) is 44.2. The normalized spacial score (nSPS) is 15.0. The second-order valence-electron chi connectivity index (χ2n) is 17.0. The number of carbonyl (C=O) groups is 3. The van der Waals surface area contributed by atoms with Gasteiger partial charge in [0.2, 0.25) is 0 Å². The summed E-state index contributed by atoms with van der Waals surface area (Å²) in [5.74, 6) is -2.65. The van der Waals surface area contributed by atoms with Crippen molar-refractivity contribution in [3.05, 3.63) is 48.6 Å². The lowest BCUT2D eigenvalue weighted by Gasteiger charge is -2.20. The first kappa shape index (κ1) is 61.4. The molecule has 1 unspecified atom stereocenters. The van der Waals surface area contributed by atoms with Crippen molar-refractivity contribution in [3.63, 3.8) is 0 Å². The molecule has 0 bridgehead atoms. The summed E-state index contributed by atoms with van der Waals surface area (Å²) in [6, 6.07) is -1.56. The molecule has 14 heteroatoms. The molecule has 0 spiro atoms. The summed E-state index contributed by atoms with van der Waals surface area (Å²) >= 11 is 0. The van der Waals surface area contributed by atoms with Crippen molar-refractivity contribution in [1.29, 1.82) is 0 Å². The van der Waals surface area contributed by atoms with Gasteiger partial charge in [-0.15, -0.1) is 0 Å². The lowest BCUT2D eigenvalue weighted by molar-refractivity contribution is -0.161. The number of aliphatic hydroxyl groups is 2. The third kappa shape index (κ3) is 43.3. The van der Waals surface area contributed by atoms with E-state index >= 15 is 0 Å². The minimum absolute atomic E-state index is 0.0982. The fraction of sp³-hybridized carbons (Fsp3) is 0.780. The number of esters is 2. The number of hydrogen-bond donors (Lipinski definition) is 5. The zero-order valence-electron chi connectivity index (χ0n) is 39.8. The van der Waals surface area contributed by atoms with Crippen LogP contribution in [0, 0.1) is 0 Å². The first-order chi connectivity index (χ1) is 30.9. The molecule has 5 atom stereocenters. The fourth-order valence-electron chi connectivity index (χ4n) is 6.79. The lowest BCUT2D eigenvalue weighted by atomic mass is 10.0. The predicted molar refractivity (Wildman–Crippen MR) is 257 cm³/mol. The van der Waals surface area contributed by atoms with Crippen LogP contribution in [0.5, 0.6) is 0 Å². The van der Waals surface area contributed by atoms with E-state index in [4.69, 9.17) is 24.8 Å². The maximum absolute atomic E-state index is 12.7. The number of hydrogen-bond acceptors (Lipinski definition) is 11. The Labute approximate surface area is 387 Å². The van der Waals surface area contributed by atoms with Crippen molar-refractivity contribution in [1.82, 2.24) is 0 Å². The highest BCUT2D eigenvalue weighted by atomic mass is 31.2. The topological polar surface area (TPSA) is 212 Å². The predicted octanol–water partition coefficient (Wildman–Crippen LogP) is 11.7. The number of rotatable bonds is 46. The number of carboxylic acid groups (broad SMARTS) is 1. The Balaban J connectivity index is 4.46. The number of aliphatic hydroxyl groups excluding tert-OH is 2. The summed E-state index contributed by atoms with van der Waals surface area (Å²) in [5.41, 5.74) is 5.33. The van der Waals surface area contributed by atoms with Crippen LogP contribution >= 0.6 is 7.82 Å². The van der Waals surface area contributed by atoms with E-state index in [0.717, 1.165) is 32.1 Å². The number of unbranched alkanes of at least 4 members (excludes halogenated alkanes) is 23. The van der Waals surface area contributed by atoms with Gasteiger partial charge in [-0.3, -0.25) is 23.4 Å². The highest BCUT2D eigenvalue weighted by molar-refractivity contribution is 7.47. The highest BCUT2D eigenvalue weighted by Crippen LogP contribution is 2.43. The van der Waals surface area contributed by atoms with Crippen molar-refractivity contribution in [2.24, 2.45) is 5.73 Å². The van der Waals surface area contributed by atoms with Gasteiger partial charge in [0.05, 0.1) is 25.4 Å². The molecule has 0 saturated heterocycles. The van der Waals surface area contributed by atoms with Gasteiger partial charge in [0, 0.05) is 12.8 Å². The van der Waals surface area contributed by atoms with Gasteiger partial charge in [0.15, 0.2) is 6.10 Å². The first-order valence-corrected chi connectivity index (χ1v) is 26.4. The molecule has 0 amide bonds. The first-order valence-electron chi connectivity index (χ1n) is 24.9.